The molecule has 30 heavy (non-hydrogen) atoms. The molecule has 0 spiro atoms. The predicted molar refractivity (Wildman–Crippen MR) is 122 cm³/mol. The number of para-hydroxylation sites is 1. The van der Waals surface area contributed by atoms with Crippen LogP contribution in [0.15, 0.2) is 66.9 Å². The van der Waals surface area contributed by atoms with Crippen LogP contribution < -0.4 is 10.6 Å². The Kier molecular flexibility index (Phi) is 5.85. The summed E-state index contributed by atoms with van der Waals surface area (Å²) < 4.78 is 0. The topological polar surface area (TPSA) is 82.7 Å². The van der Waals surface area contributed by atoms with E-state index < -0.39 is 0 Å². The van der Waals surface area contributed by atoms with Crippen molar-refractivity contribution in [3.05, 3.63) is 83.8 Å². The maximum Gasteiger partial charge on any atom is 0.253 e. The van der Waals surface area contributed by atoms with Gasteiger partial charge in [-0.05, 0) is 61.0 Å². The molecule has 0 unspecified atom stereocenters. The zero-order valence-corrected chi connectivity index (χ0v) is 16.7. The molecule has 0 bridgehead atoms. The molecule has 6 heteroatoms. The van der Waals surface area contributed by atoms with E-state index in [4.69, 9.17) is 0 Å². The summed E-state index contributed by atoms with van der Waals surface area (Å²) in [6.45, 7) is 2.69. The quantitative estimate of drug-likeness (QED) is 0.409. The molecule has 0 radical (unpaired) electrons. The lowest BCUT2D eigenvalue weighted by molar-refractivity contribution is 0.0954. The minimum Gasteiger partial charge on any atom is -0.355 e. The van der Waals surface area contributed by atoms with Crippen LogP contribution in [-0.2, 0) is 0 Å². The summed E-state index contributed by atoms with van der Waals surface area (Å²) in [6, 6.07) is 19.3. The number of benzene rings is 2. The summed E-state index contributed by atoms with van der Waals surface area (Å²) >= 11 is 0. The number of anilines is 2. The number of hydrogen-bond donors (Lipinski definition) is 3. The number of H-pyrrole nitrogens is 1. The molecule has 0 aliphatic carbocycles. The van der Waals surface area contributed by atoms with E-state index in [1.54, 1.807) is 6.20 Å². The molecule has 0 fully saturated rings. The highest BCUT2D eigenvalue weighted by Gasteiger charge is 2.11. The second-order valence-electron chi connectivity index (χ2n) is 6.88. The van der Waals surface area contributed by atoms with Gasteiger partial charge in [0.05, 0.1) is 28.2 Å². The van der Waals surface area contributed by atoms with Gasteiger partial charge in [0.25, 0.3) is 5.91 Å². The molecule has 0 saturated heterocycles. The molecule has 0 saturated carbocycles. The van der Waals surface area contributed by atoms with Crippen LogP contribution in [-0.4, -0.2) is 27.6 Å². The summed E-state index contributed by atoms with van der Waals surface area (Å²) in [5.41, 5.74) is 4.90. The van der Waals surface area contributed by atoms with Crippen molar-refractivity contribution in [3.8, 4) is 0 Å². The molecule has 0 atom stereocenters. The van der Waals surface area contributed by atoms with Gasteiger partial charge in [0.2, 0.25) is 0 Å². The maximum absolute atomic E-state index is 12.4. The predicted octanol–water partition coefficient (Wildman–Crippen LogP) is 5.01. The Morgan fingerprint density at radius 3 is 2.77 bits per heavy atom. The summed E-state index contributed by atoms with van der Waals surface area (Å²) in [4.78, 5) is 16.7. The summed E-state index contributed by atoms with van der Waals surface area (Å²) in [6.07, 6.45) is 6.55. The fourth-order valence-corrected chi connectivity index (χ4v) is 3.16. The van der Waals surface area contributed by atoms with Crippen LogP contribution in [0.2, 0.25) is 0 Å². The first-order valence-electron chi connectivity index (χ1n) is 9.96. The van der Waals surface area contributed by atoms with Gasteiger partial charge in [0.1, 0.15) is 0 Å². The number of hydrogen-bond acceptors (Lipinski definition) is 4. The van der Waals surface area contributed by atoms with Crippen molar-refractivity contribution in [3.63, 3.8) is 0 Å². The van der Waals surface area contributed by atoms with Crippen molar-refractivity contribution in [2.24, 2.45) is 0 Å². The number of pyridine rings is 1. The number of amides is 1. The number of aromatic amines is 1. The monoisotopic (exact) mass is 397 g/mol. The lowest BCUT2D eigenvalue weighted by Crippen LogP contribution is -2.24. The van der Waals surface area contributed by atoms with E-state index in [1.165, 1.54) is 0 Å². The molecule has 4 aromatic rings. The van der Waals surface area contributed by atoms with E-state index in [2.05, 4.69) is 25.8 Å². The third-order valence-corrected chi connectivity index (χ3v) is 4.68. The average Bonchev–Trinajstić information content (AvgIpc) is 3.19. The van der Waals surface area contributed by atoms with Crippen molar-refractivity contribution in [1.29, 1.82) is 0 Å². The van der Waals surface area contributed by atoms with Crippen LogP contribution in [0.4, 0.5) is 11.4 Å². The Morgan fingerprint density at radius 1 is 1.07 bits per heavy atom. The largest absolute Gasteiger partial charge is 0.355 e. The highest BCUT2D eigenvalue weighted by molar-refractivity contribution is 6.00. The van der Waals surface area contributed by atoms with E-state index in [1.807, 2.05) is 79.7 Å². The highest BCUT2D eigenvalue weighted by atomic mass is 16.1. The fraction of sp³-hybridized carbons (Fsp3) is 0.125. The SMILES string of the molecule is CCCNC(=O)c1ccccc1Nc1ccc2c(/C=C/c3ccccn3)n[nH]c2c1. The van der Waals surface area contributed by atoms with Crippen LogP contribution in [0.5, 0.6) is 0 Å². The highest BCUT2D eigenvalue weighted by Crippen LogP contribution is 2.26. The van der Waals surface area contributed by atoms with Gasteiger partial charge in [0.15, 0.2) is 0 Å². The minimum atomic E-state index is -0.0792. The number of carbonyl (C=O) groups is 1. The van der Waals surface area contributed by atoms with Crippen molar-refractivity contribution < 1.29 is 4.79 Å². The number of rotatable bonds is 7. The Labute approximate surface area is 175 Å². The summed E-state index contributed by atoms with van der Waals surface area (Å²) in [5.74, 6) is -0.0792. The molecule has 2 heterocycles. The third-order valence-electron chi connectivity index (χ3n) is 4.68. The molecule has 4 rings (SSSR count). The Hall–Kier alpha value is -3.93. The number of aromatic nitrogens is 3. The van der Waals surface area contributed by atoms with Gasteiger partial charge in [-0.3, -0.25) is 14.9 Å². The Bertz CT molecular complexity index is 1180. The van der Waals surface area contributed by atoms with Gasteiger partial charge in [-0.1, -0.05) is 25.1 Å². The maximum atomic E-state index is 12.4. The van der Waals surface area contributed by atoms with Gasteiger partial charge in [-0.2, -0.15) is 5.10 Å². The lowest BCUT2D eigenvalue weighted by atomic mass is 10.1. The molecule has 150 valence electrons. The smallest absolute Gasteiger partial charge is 0.253 e. The molecule has 2 aromatic carbocycles. The second kappa shape index (κ2) is 9.05. The van der Waals surface area contributed by atoms with E-state index in [0.29, 0.717) is 12.1 Å². The molecule has 3 N–H and O–H groups in total. The number of carbonyl (C=O) groups excluding carboxylic acids is 1. The first-order chi connectivity index (χ1) is 14.7. The second-order valence-corrected chi connectivity index (χ2v) is 6.88. The van der Waals surface area contributed by atoms with Gasteiger partial charge in [0, 0.05) is 23.8 Å². The Morgan fingerprint density at radius 2 is 1.93 bits per heavy atom. The first-order valence-corrected chi connectivity index (χ1v) is 9.96. The van der Waals surface area contributed by atoms with E-state index >= 15 is 0 Å². The lowest BCUT2D eigenvalue weighted by Gasteiger charge is -2.12. The van der Waals surface area contributed by atoms with Crippen LogP contribution in [0.3, 0.4) is 0 Å². The van der Waals surface area contributed by atoms with Crippen LogP contribution in [0, 0.1) is 0 Å². The molecule has 0 aliphatic heterocycles. The van der Waals surface area contributed by atoms with Crippen molar-refractivity contribution in [1.82, 2.24) is 20.5 Å². The molecule has 6 nitrogen and oxygen atoms in total. The van der Waals surface area contributed by atoms with Crippen molar-refractivity contribution in [2.45, 2.75) is 13.3 Å². The molecular formula is C24H23N5O. The van der Waals surface area contributed by atoms with Crippen molar-refractivity contribution >= 4 is 40.3 Å². The standard InChI is InChI=1S/C24H23N5O/c1-2-14-26-24(30)20-8-3-4-9-21(20)27-18-10-12-19-22(28-29-23(19)16-18)13-11-17-7-5-6-15-25-17/h3-13,15-16,27H,2,14H2,1H3,(H,26,30)(H,28,29)/b13-11+. The number of nitrogens with one attached hydrogen (secondary N) is 3. The summed E-state index contributed by atoms with van der Waals surface area (Å²) in [5, 5.41) is 14.8. The van der Waals surface area contributed by atoms with Gasteiger partial charge in [-0.25, -0.2) is 0 Å². The van der Waals surface area contributed by atoms with E-state index in [0.717, 1.165) is 40.1 Å². The molecule has 1 amide bonds. The van der Waals surface area contributed by atoms with E-state index in [-0.39, 0.29) is 5.91 Å². The average molecular weight is 397 g/mol. The Balaban J connectivity index is 1.56. The van der Waals surface area contributed by atoms with Gasteiger partial charge in [-0.15, -0.1) is 0 Å². The molecule has 2 aromatic heterocycles. The zero-order valence-electron chi connectivity index (χ0n) is 16.7. The minimum absolute atomic E-state index is 0.0792. The van der Waals surface area contributed by atoms with Crippen LogP contribution >= 0.6 is 0 Å². The number of nitrogens with zero attached hydrogens (tertiary/aromatic N) is 2. The first kappa shape index (κ1) is 19.4. The normalized spacial score (nSPS) is 11.1. The van der Waals surface area contributed by atoms with Crippen molar-refractivity contribution in [2.75, 3.05) is 11.9 Å². The van der Waals surface area contributed by atoms with Crippen LogP contribution in [0.1, 0.15) is 35.1 Å². The van der Waals surface area contributed by atoms with Gasteiger partial charge < -0.3 is 10.6 Å². The zero-order chi connectivity index (χ0) is 20.8. The summed E-state index contributed by atoms with van der Waals surface area (Å²) in [7, 11) is 0. The van der Waals surface area contributed by atoms with E-state index in [9.17, 15) is 4.79 Å². The number of fused-ring (bicyclic) bond motifs is 1. The van der Waals surface area contributed by atoms with Gasteiger partial charge >= 0.3 is 0 Å². The molecular weight excluding hydrogens is 374 g/mol. The third kappa shape index (κ3) is 4.38. The fourth-order valence-electron chi connectivity index (χ4n) is 3.16. The van der Waals surface area contributed by atoms with Crippen LogP contribution in [0.25, 0.3) is 23.1 Å². The molecule has 0 aliphatic rings.